The first-order valence-corrected chi connectivity index (χ1v) is 14.8. The number of H-pyrrole nitrogens is 1. The summed E-state index contributed by atoms with van der Waals surface area (Å²) in [7, 11) is 3.66. The largest absolute Gasteiger partial charge is 0.494 e. The summed E-state index contributed by atoms with van der Waals surface area (Å²) in [5.74, 6) is 2.51. The number of nitrogens with zero attached hydrogens (tertiary/aromatic N) is 4. The van der Waals surface area contributed by atoms with E-state index in [0.29, 0.717) is 23.1 Å². The summed E-state index contributed by atoms with van der Waals surface area (Å²) in [6.07, 6.45) is 6.28. The Morgan fingerprint density at radius 1 is 1.07 bits per heavy atom. The Kier molecular flexibility index (Phi) is 5.63. The summed E-state index contributed by atoms with van der Waals surface area (Å²) in [5, 5.41) is 1.13. The molecular weight excluding hydrogens is 528 g/mol. The third kappa shape index (κ3) is 3.90. The molecule has 214 valence electrons. The van der Waals surface area contributed by atoms with Gasteiger partial charge in [-0.25, -0.2) is 4.98 Å². The Bertz CT molecular complexity index is 1930. The van der Waals surface area contributed by atoms with Crippen molar-refractivity contribution >= 4 is 27.8 Å². The summed E-state index contributed by atoms with van der Waals surface area (Å²) < 4.78 is 10.3. The second-order valence-corrected chi connectivity index (χ2v) is 12.3. The third-order valence-electron chi connectivity index (χ3n) is 9.70. The maximum absolute atomic E-state index is 13.7. The fraction of sp³-hybridized carbons (Fsp3) is 0.364. The average molecular weight is 563 g/mol. The number of piperidine rings is 1. The van der Waals surface area contributed by atoms with Crippen LogP contribution in [-0.4, -0.2) is 55.6 Å². The van der Waals surface area contributed by atoms with E-state index in [1.165, 1.54) is 12.8 Å². The summed E-state index contributed by atoms with van der Waals surface area (Å²) in [6, 6.07) is 16.0. The molecule has 1 aliphatic heterocycles. The van der Waals surface area contributed by atoms with Gasteiger partial charge < -0.3 is 29.5 Å². The number of hydrogen-bond acceptors (Lipinski definition) is 5. The minimum atomic E-state index is -0.113. The molecule has 3 atom stereocenters. The van der Waals surface area contributed by atoms with Gasteiger partial charge in [-0.15, -0.1) is 0 Å². The fourth-order valence-corrected chi connectivity index (χ4v) is 7.23. The zero-order valence-electron chi connectivity index (χ0n) is 23.8. The number of pyridine rings is 1. The Morgan fingerprint density at radius 3 is 2.60 bits per heavy atom. The van der Waals surface area contributed by atoms with Crippen LogP contribution in [0.5, 0.6) is 5.75 Å². The van der Waals surface area contributed by atoms with Crippen LogP contribution in [0.2, 0.25) is 0 Å². The molecule has 2 bridgehead atoms. The lowest BCUT2D eigenvalue weighted by Crippen LogP contribution is -2.41. The number of ether oxygens (including phenoxy) is 1. The van der Waals surface area contributed by atoms with Crippen LogP contribution in [0.1, 0.15) is 36.0 Å². The number of fused-ring (bicyclic) bond motifs is 4. The van der Waals surface area contributed by atoms with Crippen LogP contribution in [-0.2, 0) is 13.6 Å². The van der Waals surface area contributed by atoms with Crippen molar-refractivity contribution in [1.82, 2.24) is 24.0 Å². The molecular formula is C33H34N6O3. The fourth-order valence-electron chi connectivity index (χ4n) is 7.23. The van der Waals surface area contributed by atoms with Gasteiger partial charge in [-0.1, -0.05) is 12.1 Å². The van der Waals surface area contributed by atoms with Crippen molar-refractivity contribution in [2.45, 2.75) is 44.3 Å². The molecule has 9 heteroatoms. The number of aromatic amines is 1. The van der Waals surface area contributed by atoms with E-state index in [1.54, 1.807) is 19.4 Å². The Morgan fingerprint density at radius 2 is 1.90 bits per heavy atom. The van der Waals surface area contributed by atoms with Gasteiger partial charge in [0.15, 0.2) is 5.82 Å². The minimum Gasteiger partial charge on any atom is -0.494 e. The highest BCUT2D eigenvalue weighted by molar-refractivity contribution is 6.00. The van der Waals surface area contributed by atoms with E-state index in [9.17, 15) is 9.59 Å². The van der Waals surface area contributed by atoms with Crippen LogP contribution < -0.4 is 16.0 Å². The van der Waals surface area contributed by atoms with Crippen LogP contribution >= 0.6 is 0 Å². The molecule has 2 unspecified atom stereocenters. The molecule has 2 aromatic carbocycles. The van der Waals surface area contributed by atoms with Crippen LogP contribution in [0.3, 0.4) is 0 Å². The molecule has 3 aliphatic rings. The number of nitrogens with two attached hydrogens (primary N) is 1. The molecule has 3 fully saturated rings. The maximum Gasteiger partial charge on any atom is 0.254 e. The van der Waals surface area contributed by atoms with Gasteiger partial charge in [0.2, 0.25) is 5.56 Å². The number of rotatable bonds is 6. The predicted octanol–water partition coefficient (Wildman–Crippen LogP) is 4.53. The molecule has 0 spiro atoms. The first-order valence-electron chi connectivity index (χ1n) is 14.8. The van der Waals surface area contributed by atoms with E-state index >= 15 is 0 Å². The van der Waals surface area contributed by atoms with Gasteiger partial charge in [0.05, 0.1) is 18.3 Å². The highest BCUT2D eigenvalue weighted by atomic mass is 16.5. The van der Waals surface area contributed by atoms with Crippen molar-refractivity contribution < 1.29 is 9.53 Å². The number of aromatic nitrogens is 4. The predicted molar refractivity (Wildman–Crippen MR) is 163 cm³/mol. The van der Waals surface area contributed by atoms with Gasteiger partial charge >= 0.3 is 0 Å². The number of nitrogens with one attached hydrogen (secondary N) is 1. The second kappa shape index (κ2) is 9.32. The van der Waals surface area contributed by atoms with E-state index in [1.807, 2.05) is 30.1 Å². The van der Waals surface area contributed by atoms with Crippen LogP contribution in [0.15, 0.2) is 59.5 Å². The lowest BCUT2D eigenvalue weighted by molar-refractivity contribution is 0.0700. The summed E-state index contributed by atoms with van der Waals surface area (Å²) >= 11 is 0. The van der Waals surface area contributed by atoms with Gasteiger partial charge in [-0.05, 0) is 79.0 Å². The second-order valence-electron chi connectivity index (χ2n) is 12.3. The molecule has 9 nitrogen and oxygen atoms in total. The summed E-state index contributed by atoms with van der Waals surface area (Å²) in [5.41, 5.74) is 12.7. The van der Waals surface area contributed by atoms with Gasteiger partial charge in [0.25, 0.3) is 5.91 Å². The van der Waals surface area contributed by atoms with Crippen molar-refractivity contribution in [3.05, 3.63) is 70.6 Å². The van der Waals surface area contributed by atoms with Crippen molar-refractivity contribution in [2.24, 2.45) is 24.6 Å². The molecule has 8 rings (SSSR count). The lowest BCUT2D eigenvalue weighted by Gasteiger charge is -2.27. The van der Waals surface area contributed by atoms with E-state index < -0.39 is 0 Å². The maximum atomic E-state index is 13.7. The smallest absolute Gasteiger partial charge is 0.254 e. The van der Waals surface area contributed by atoms with Gasteiger partial charge in [-0.3, -0.25) is 9.59 Å². The Labute approximate surface area is 242 Å². The molecule has 42 heavy (non-hydrogen) atoms. The number of carbonyl (C=O) groups is 1. The number of methoxy groups -OCH3 is 1. The van der Waals surface area contributed by atoms with Gasteiger partial charge in [0.1, 0.15) is 11.3 Å². The van der Waals surface area contributed by atoms with E-state index in [-0.39, 0.29) is 23.6 Å². The van der Waals surface area contributed by atoms with Crippen molar-refractivity contribution in [2.75, 3.05) is 13.7 Å². The SMILES string of the molecule is COc1cc(C(=O)N2CC3CCC2[C@@H]3N)cc2nc(-c3cc4ccc(-c5ccc(=O)[nH]c5)cc4n3CC3CC3)n(C)c12. The molecule has 2 aliphatic carbocycles. The third-order valence-corrected chi connectivity index (χ3v) is 9.70. The molecule has 4 heterocycles. The zero-order valence-corrected chi connectivity index (χ0v) is 23.8. The van der Waals surface area contributed by atoms with E-state index in [4.69, 9.17) is 15.5 Å². The molecule has 3 aromatic heterocycles. The normalized spacial score (nSPS) is 21.6. The van der Waals surface area contributed by atoms with Crippen molar-refractivity contribution in [3.63, 3.8) is 0 Å². The molecule has 0 radical (unpaired) electrons. The van der Waals surface area contributed by atoms with Crippen molar-refractivity contribution in [1.29, 1.82) is 0 Å². The standard InChI is InChI=1S/C33H34N6O3/c1-37-31-24(11-23(14-28(31)42-2)33(41)39-17-22-7-9-25(39)30(22)34)36-32(37)27-13-20-6-5-19(21-8-10-29(40)35-15-21)12-26(20)38(27)16-18-3-4-18/h5-6,8,10-15,18,22,25,30H,3-4,7,9,16-17,34H2,1-2H3,(H,35,40)/t22?,25?,30-/m1/s1. The lowest BCUT2D eigenvalue weighted by atomic mass is 10.1. The highest BCUT2D eigenvalue weighted by Crippen LogP contribution is 2.40. The minimum absolute atomic E-state index is 0.00249. The Balaban J connectivity index is 1.24. The van der Waals surface area contributed by atoms with E-state index in [2.05, 4.69) is 38.4 Å². The molecule has 2 saturated carbocycles. The van der Waals surface area contributed by atoms with Gasteiger partial charge in [-0.2, -0.15) is 0 Å². The summed E-state index contributed by atoms with van der Waals surface area (Å²) in [4.78, 5) is 35.2. The van der Waals surface area contributed by atoms with E-state index in [0.717, 1.165) is 70.5 Å². The first kappa shape index (κ1) is 25.3. The monoisotopic (exact) mass is 562 g/mol. The molecule has 3 N–H and O–H groups in total. The number of amides is 1. The summed E-state index contributed by atoms with van der Waals surface area (Å²) in [6.45, 7) is 1.64. The number of benzene rings is 2. The van der Waals surface area contributed by atoms with Crippen molar-refractivity contribution in [3.8, 4) is 28.4 Å². The molecule has 5 aromatic rings. The topological polar surface area (TPSA) is 111 Å². The molecule has 1 saturated heterocycles. The number of hydrogen-bond donors (Lipinski definition) is 2. The van der Waals surface area contributed by atoms with Gasteiger partial charge in [0, 0.05) is 61.0 Å². The number of likely N-dealkylation sites (tertiary alicyclic amines) is 1. The zero-order chi connectivity index (χ0) is 28.7. The highest BCUT2D eigenvalue weighted by Gasteiger charge is 2.47. The Hall–Kier alpha value is -4.37. The first-order chi connectivity index (χ1) is 20.4. The number of aryl methyl sites for hydroxylation is 1. The van der Waals surface area contributed by atoms with Crippen LogP contribution in [0.4, 0.5) is 0 Å². The quantitative estimate of drug-likeness (QED) is 0.316. The number of imidazole rings is 1. The molecule has 1 amide bonds. The number of carbonyl (C=O) groups excluding carboxylic acids is 1. The van der Waals surface area contributed by atoms with Crippen LogP contribution in [0, 0.1) is 11.8 Å². The van der Waals surface area contributed by atoms with Crippen LogP contribution in [0.25, 0.3) is 44.6 Å². The average Bonchev–Trinajstić information content (AvgIpc) is 3.41.